The molecule has 6 aromatic rings. The van der Waals surface area contributed by atoms with Crippen LogP contribution in [0.2, 0.25) is 0 Å². The second-order valence-corrected chi connectivity index (χ2v) is 18.7. The Bertz CT molecular complexity index is 2930. The molecule has 2 fully saturated rings. The molecule has 0 bridgehead atoms. The molecule has 2 atom stereocenters. The van der Waals surface area contributed by atoms with Gasteiger partial charge in [-0.05, 0) is 64.9 Å². The van der Waals surface area contributed by atoms with Gasteiger partial charge in [-0.3, -0.25) is 14.0 Å². The van der Waals surface area contributed by atoms with E-state index in [-0.39, 0.29) is 52.6 Å². The molecule has 24 nitrogen and oxygen atoms in total. The van der Waals surface area contributed by atoms with Crippen LogP contribution >= 0.6 is 23.2 Å². The summed E-state index contributed by atoms with van der Waals surface area (Å²) in [6.07, 6.45) is 0.428. The van der Waals surface area contributed by atoms with Crippen molar-refractivity contribution >= 4 is 58.1 Å². The highest BCUT2D eigenvalue weighted by Crippen LogP contribution is 2.30. The second-order valence-electron chi connectivity index (χ2n) is 17.9. The van der Waals surface area contributed by atoms with E-state index in [0.29, 0.717) is 104 Å². The van der Waals surface area contributed by atoms with Crippen LogP contribution in [0.25, 0.3) is 0 Å². The average molecular weight is 1150 g/mol. The fraction of sp³-hybridized carbons (Fsp3) is 0.447. The molecule has 4 aliphatic rings. The number of hydrogen-bond donors (Lipinski definition) is 1. The first-order valence-electron chi connectivity index (χ1n) is 24.4. The van der Waals surface area contributed by atoms with Gasteiger partial charge >= 0.3 is 36.4 Å². The van der Waals surface area contributed by atoms with E-state index < -0.39 is 22.6 Å². The van der Waals surface area contributed by atoms with Gasteiger partial charge in [0, 0.05) is 136 Å². The third kappa shape index (κ3) is 16.0. The van der Waals surface area contributed by atoms with Crippen molar-refractivity contribution in [2.45, 2.75) is 57.9 Å². The van der Waals surface area contributed by atoms with Crippen molar-refractivity contribution in [3.8, 4) is 23.5 Å². The van der Waals surface area contributed by atoms with E-state index in [0.717, 1.165) is 29.0 Å². The summed E-state index contributed by atoms with van der Waals surface area (Å²) in [6.45, 7) is 11.0. The van der Waals surface area contributed by atoms with E-state index >= 15 is 0 Å². The minimum atomic E-state index is -4.71. The minimum absolute atomic E-state index is 0.0122. The fourth-order valence-corrected chi connectivity index (χ4v) is 8.94. The highest BCUT2D eigenvalue weighted by molar-refractivity contribution is 6.40. The monoisotopic (exact) mass is 1150 g/mol. The summed E-state index contributed by atoms with van der Waals surface area (Å²) in [7, 11) is 0. The number of anilines is 4. The van der Waals surface area contributed by atoms with E-state index in [1.165, 1.54) is 36.7 Å². The van der Waals surface area contributed by atoms with Crippen LogP contribution in [0.1, 0.15) is 18.1 Å². The number of halogens is 8. The number of likely N-dealkylation sites (N-methyl/N-ethyl adjacent to an activating group) is 1. The first-order chi connectivity index (χ1) is 37.8. The zero-order valence-electron chi connectivity index (χ0n) is 42.0. The van der Waals surface area contributed by atoms with Crippen LogP contribution < -0.4 is 43.9 Å². The van der Waals surface area contributed by atoms with Crippen LogP contribution in [0.5, 0.6) is 23.5 Å². The summed E-state index contributed by atoms with van der Waals surface area (Å²) in [4.78, 5) is 57.1. The number of ether oxygens (including phenoxy) is 4. The van der Waals surface area contributed by atoms with Crippen LogP contribution in [0.3, 0.4) is 0 Å². The zero-order valence-corrected chi connectivity index (χ0v) is 43.6. The number of alkyl halides is 8. The Morgan fingerprint density at radius 1 is 0.646 bits per heavy atom. The summed E-state index contributed by atoms with van der Waals surface area (Å²) >= 11 is 9.53. The SMILES string of the molecule is CCN(Cc1cnc(N2CCN(c3ccc(OC(F)(F)F)cc3)CC2)nc1)[C@@H]1COc2nc([N+](=O)[O-])cn2C1.ClCCl.O=[N+]([O-])c1cn2c(n1)OC[C@@H](NCc1cnc(N3CCN(c4ccc(OC(F)(F)F)cc4)CC3)nc1)C2. The van der Waals surface area contributed by atoms with E-state index in [9.17, 15) is 46.6 Å². The van der Waals surface area contributed by atoms with Crippen molar-refractivity contribution in [2.75, 3.05) is 97.1 Å². The minimum Gasteiger partial charge on any atom is -0.444 e. The van der Waals surface area contributed by atoms with Gasteiger partial charge in [-0.2, -0.15) is 0 Å². The van der Waals surface area contributed by atoms with Crippen LogP contribution in [0.15, 0.2) is 85.7 Å². The zero-order chi connectivity index (χ0) is 56.3. The number of nitrogens with one attached hydrogen (secondary N) is 1. The molecule has 0 amide bonds. The van der Waals surface area contributed by atoms with Crippen molar-refractivity contribution in [3.05, 3.63) is 117 Å². The van der Waals surface area contributed by atoms with Crippen molar-refractivity contribution < 1.29 is 55.1 Å². The number of benzene rings is 2. The molecule has 2 saturated heterocycles. The van der Waals surface area contributed by atoms with Crippen molar-refractivity contribution in [1.82, 2.24) is 49.3 Å². The molecule has 4 aromatic heterocycles. The highest BCUT2D eigenvalue weighted by atomic mass is 35.5. The highest BCUT2D eigenvalue weighted by Gasteiger charge is 2.34. The smallest absolute Gasteiger partial charge is 0.444 e. The molecule has 79 heavy (non-hydrogen) atoms. The van der Waals surface area contributed by atoms with Gasteiger partial charge < -0.3 is 64.1 Å². The number of rotatable bonds is 15. The Balaban J connectivity index is 0.000000199. The lowest BCUT2D eigenvalue weighted by Crippen LogP contribution is -2.47. The summed E-state index contributed by atoms with van der Waals surface area (Å²) < 4.78 is 96.5. The van der Waals surface area contributed by atoms with Crippen LogP contribution in [0.4, 0.5) is 61.2 Å². The van der Waals surface area contributed by atoms with E-state index in [4.69, 9.17) is 32.7 Å². The molecule has 10 rings (SSSR count). The Labute approximate surface area is 456 Å². The fourth-order valence-electron chi connectivity index (χ4n) is 8.94. The Morgan fingerprint density at radius 2 is 1.05 bits per heavy atom. The molecule has 0 radical (unpaired) electrons. The summed E-state index contributed by atoms with van der Waals surface area (Å²) in [5, 5.41) is 25.4. The van der Waals surface area contributed by atoms with E-state index in [1.807, 2.05) is 6.92 Å². The molecule has 4 aliphatic heterocycles. The third-order valence-electron chi connectivity index (χ3n) is 12.8. The Morgan fingerprint density at radius 3 is 1.47 bits per heavy atom. The lowest BCUT2D eigenvalue weighted by Gasteiger charge is -2.36. The third-order valence-corrected chi connectivity index (χ3v) is 12.8. The van der Waals surface area contributed by atoms with E-state index in [1.54, 1.807) is 58.2 Å². The Kier molecular flexibility index (Phi) is 18.8. The lowest BCUT2D eigenvalue weighted by atomic mass is 10.2. The number of hydrogen-bond acceptors (Lipinski definition) is 20. The van der Waals surface area contributed by atoms with Gasteiger partial charge in [0.25, 0.3) is 0 Å². The summed E-state index contributed by atoms with van der Waals surface area (Å²) in [5.41, 5.74) is 3.46. The number of imidazole rings is 2. The first kappa shape index (κ1) is 57.5. The molecule has 0 saturated carbocycles. The van der Waals surface area contributed by atoms with Gasteiger partial charge in [0.1, 0.15) is 37.1 Å². The van der Waals surface area contributed by atoms with Crippen LogP contribution in [-0.4, -0.2) is 156 Å². The normalized spacial score (nSPS) is 17.2. The predicted octanol–water partition coefficient (Wildman–Crippen LogP) is 6.87. The molecule has 424 valence electrons. The number of fused-ring (bicyclic) bond motifs is 2. The number of piperazine rings is 2. The van der Waals surface area contributed by atoms with Crippen LogP contribution in [-0.2, 0) is 26.2 Å². The molecule has 0 aliphatic carbocycles. The molecular formula is C47H52Cl2F6N16O8. The Hall–Kier alpha value is -7.70. The van der Waals surface area contributed by atoms with Crippen molar-refractivity contribution in [3.63, 3.8) is 0 Å². The van der Waals surface area contributed by atoms with Gasteiger partial charge in [0.05, 0.1) is 17.4 Å². The van der Waals surface area contributed by atoms with Crippen LogP contribution in [0, 0.1) is 20.2 Å². The van der Waals surface area contributed by atoms with Crippen molar-refractivity contribution in [1.29, 1.82) is 0 Å². The molecule has 0 spiro atoms. The maximum atomic E-state index is 12.4. The number of nitro groups is 2. The van der Waals surface area contributed by atoms with Gasteiger partial charge in [-0.15, -0.1) is 49.5 Å². The molecule has 2 aromatic carbocycles. The number of aromatic nitrogens is 8. The maximum Gasteiger partial charge on any atom is 0.573 e. The maximum absolute atomic E-state index is 12.4. The molecule has 1 N–H and O–H groups in total. The lowest BCUT2D eigenvalue weighted by molar-refractivity contribution is -0.389. The van der Waals surface area contributed by atoms with Gasteiger partial charge in [-0.25, -0.2) is 19.9 Å². The van der Waals surface area contributed by atoms with Gasteiger partial charge in [-0.1, -0.05) is 6.92 Å². The second kappa shape index (κ2) is 25.8. The molecule has 32 heteroatoms. The standard InChI is InChI=1S/C24H27F3N8O4.C22H23F3N8O4.CH2Cl2/c1-2-31(19-14-34-15-21(35(36)37)30-23(34)38-16-19)13-17-11-28-22(29-12-17)33-9-7-32(8-10-33)18-3-5-20(6-4-18)39-24(25,26)27;23-22(24,25)37-18-3-1-17(2-4-18)30-5-7-31(8-6-30)20-27-10-15(11-28-20)9-26-16-12-32-13-19(33(34)35)29-21(32)36-14-16;2-1-3/h3-6,11-12,15,19H,2,7-10,13-14,16H2,1H3;1-4,10-11,13,16,26H,5-9,12,14H2;1H2/t19-;16-;/m00./s1. The molecule has 8 heterocycles. The molecule has 0 unspecified atom stereocenters. The quantitative estimate of drug-likeness (QED) is 0.0478. The van der Waals surface area contributed by atoms with E-state index in [2.05, 4.69) is 69.2 Å². The van der Waals surface area contributed by atoms with Gasteiger partial charge in [0.2, 0.25) is 11.9 Å². The topological polar surface area (TPSA) is 239 Å². The summed E-state index contributed by atoms with van der Waals surface area (Å²) in [6, 6.07) is 12.2. The first-order valence-corrected chi connectivity index (χ1v) is 25.5. The molecular weight excluding hydrogens is 1100 g/mol. The average Bonchev–Trinajstić information content (AvgIpc) is 4.13. The summed E-state index contributed by atoms with van der Waals surface area (Å²) in [5.74, 6) is 0.261. The van der Waals surface area contributed by atoms with Crippen molar-refractivity contribution in [2.24, 2.45) is 0 Å². The predicted molar refractivity (Wildman–Crippen MR) is 275 cm³/mol. The largest absolute Gasteiger partial charge is 0.573 e. The number of nitrogens with zero attached hydrogens (tertiary/aromatic N) is 15. The van der Waals surface area contributed by atoms with Gasteiger partial charge in [0.15, 0.2) is 0 Å².